The third kappa shape index (κ3) is 4.26. The van der Waals surface area contributed by atoms with Crippen molar-refractivity contribution in [1.29, 1.82) is 0 Å². The Bertz CT molecular complexity index is 585. The van der Waals surface area contributed by atoms with Gasteiger partial charge in [-0.3, -0.25) is 9.59 Å². The van der Waals surface area contributed by atoms with Crippen LogP contribution in [0.1, 0.15) is 91.9 Å². The SMILES string of the molecule is CC(C)C1CCC2C(CCC3[C@@](C)(COC(=O)CCC(=O)O)CCC[C@@]23C)C1. The first-order valence-corrected chi connectivity index (χ1v) is 11.5. The Balaban J connectivity index is 1.67. The molecular formula is C24H40O4. The van der Waals surface area contributed by atoms with Gasteiger partial charge in [0, 0.05) is 5.41 Å². The highest BCUT2D eigenvalue weighted by atomic mass is 16.5. The maximum atomic E-state index is 12.0. The molecule has 0 radical (unpaired) electrons. The Kier molecular flexibility index (Phi) is 6.46. The van der Waals surface area contributed by atoms with E-state index < -0.39 is 5.97 Å². The number of ether oxygens (including phenoxy) is 1. The molecule has 4 heteroatoms. The Morgan fingerprint density at radius 3 is 2.50 bits per heavy atom. The molecule has 160 valence electrons. The van der Waals surface area contributed by atoms with Gasteiger partial charge in [-0.05, 0) is 80.0 Å². The molecule has 1 N–H and O–H groups in total. The molecule has 3 aliphatic rings. The van der Waals surface area contributed by atoms with Crippen molar-refractivity contribution in [3.05, 3.63) is 0 Å². The molecule has 0 spiro atoms. The Morgan fingerprint density at radius 1 is 1.07 bits per heavy atom. The lowest BCUT2D eigenvalue weighted by Crippen LogP contribution is -2.55. The second-order valence-corrected chi connectivity index (χ2v) is 10.9. The van der Waals surface area contributed by atoms with Crippen molar-refractivity contribution in [2.75, 3.05) is 6.61 Å². The molecule has 3 aliphatic carbocycles. The maximum absolute atomic E-state index is 12.0. The summed E-state index contributed by atoms with van der Waals surface area (Å²) < 4.78 is 5.61. The second-order valence-electron chi connectivity index (χ2n) is 10.9. The largest absolute Gasteiger partial charge is 0.481 e. The molecule has 4 nitrogen and oxygen atoms in total. The molecule has 28 heavy (non-hydrogen) atoms. The summed E-state index contributed by atoms with van der Waals surface area (Å²) in [7, 11) is 0. The van der Waals surface area contributed by atoms with Gasteiger partial charge in [-0.25, -0.2) is 0 Å². The number of carbonyl (C=O) groups excluding carboxylic acids is 1. The topological polar surface area (TPSA) is 63.6 Å². The van der Waals surface area contributed by atoms with Crippen LogP contribution in [0.5, 0.6) is 0 Å². The fourth-order valence-electron chi connectivity index (χ4n) is 7.31. The predicted molar refractivity (Wildman–Crippen MR) is 110 cm³/mol. The number of hydrogen-bond acceptors (Lipinski definition) is 3. The van der Waals surface area contributed by atoms with Crippen LogP contribution in [0.3, 0.4) is 0 Å². The zero-order chi connectivity index (χ0) is 20.5. The first-order valence-electron chi connectivity index (χ1n) is 11.5. The quantitative estimate of drug-likeness (QED) is 0.590. The molecule has 0 amide bonds. The summed E-state index contributed by atoms with van der Waals surface area (Å²) in [6, 6.07) is 0. The molecular weight excluding hydrogens is 352 g/mol. The van der Waals surface area contributed by atoms with Crippen LogP contribution in [-0.2, 0) is 14.3 Å². The van der Waals surface area contributed by atoms with Gasteiger partial charge in [-0.15, -0.1) is 0 Å². The van der Waals surface area contributed by atoms with Crippen LogP contribution in [0.2, 0.25) is 0 Å². The normalized spacial score (nSPS) is 40.5. The lowest BCUT2D eigenvalue weighted by molar-refractivity contribution is -0.164. The number of fused-ring (bicyclic) bond motifs is 3. The van der Waals surface area contributed by atoms with E-state index in [9.17, 15) is 9.59 Å². The maximum Gasteiger partial charge on any atom is 0.306 e. The highest BCUT2D eigenvalue weighted by Gasteiger charge is 2.57. The average molecular weight is 393 g/mol. The van der Waals surface area contributed by atoms with Gasteiger partial charge in [0.25, 0.3) is 0 Å². The van der Waals surface area contributed by atoms with Gasteiger partial charge >= 0.3 is 11.9 Å². The number of carbonyl (C=O) groups is 2. The summed E-state index contributed by atoms with van der Waals surface area (Å²) in [6.45, 7) is 10.1. The van der Waals surface area contributed by atoms with E-state index in [2.05, 4.69) is 27.7 Å². The van der Waals surface area contributed by atoms with Crippen molar-refractivity contribution in [3.63, 3.8) is 0 Å². The summed E-state index contributed by atoms with van der Waals surface area (Å²) in [5.74, 6) is 2.70. The monoisotopic (exact) mass is 392 g/mol. The molecule has 3 fully saturated rings. The first kappa shape index (κ1) is 21.6. The zero-order valence-electron chi connectivity index (χ0n) is 18.3. The minimum atomic E-state index is -0.941. The zero-order valence-corrected chi connectivity index (χ0v) is 18.3. The summed E-state index contributed by atoms with van der Waals surface area (Å²) in [6.07, 6.45) is 10.2. The number of esters is 1. The summed E-state index contributed by atoms with van der Waals surface area (Å²) in [5.41, 5.74) is 0.400. The van der Waals surface area contributed by atoms with Crippen molar-refractivity contribution in [3.8, 4) is 0 Å². The minimum Gasteiger partial charge on any atom is -0.481 e. The highest BCUT2D eigenvalue weighted by molar-refractivity contribution is 5.76. The number of hydrogen-bond donors (Lipinski definition) is 1. The van der Waals surface area contributed by atoms with Crippen molar-refractivity contribution < 1.29 is 19.4 Å². The number of carboxylic acids is 1. The minimum absolute atomic E-state index is 0.0192. The van der Waals surface area contributed by atoms with E-state index in [0.29, 0.717) is 17.9 Å². The molecule has 3 rings (SSSR count). The van der Waals surface area contributed by atoms with E-state index in [0.717, 1.165) is 30.1 Å². The fraction of sp³-hybridized carbons (Fsp3) is 0.917. The molecule has 0 saturated heterocycles. The number of aliphatic carboxylic acids is 1. The molecule has 0 heterocycles. The van der Waals surface area contributed by atoms with Crippen molar-refractivity contribution >= 4 is 11.9 Å². The number of carboxylic acid groups (broad SMARTS) is 1. The van der Waals surface area contributed by atoms with Gasteiger partial charge in [0.15, 0.2) is 0 Å². The van der Waals surface area contributed by atoms with Crippen molar-refractivity contribution in [1.82, 2.24) is 0 Å². The van der Waals surface area contributed by atoms with E-state index in [1.165, 1.54) is 44.9 Å². The van der Waals surface area contributed by atoms with Crippen LogP contribution in [0.15, 0.2) is 0 Å². The Morgan fingerprint density at radius 2 is 1.82 bits per heavy atom. The van der Waals surface area contributed by atoms with Gasteiger partial charge in [0.2, 0.25) is 0 Å². The van der Waals surface area contributed by atoms with Crippen LogP contribution in [0.4, 0.5) is 0 Å². The van der Waals surface area contributed by atoms with Gasteiger partial charge in [-0.1, -0.05) is 34.1 Å². The molecule has 3 saturated carbocycles. The van der Waals surface area contributed by atoms with E-state index >= 15 is 0 Å². The highest BCUT2D eigenvalue weighted by Crippen LogP contribution is 2.64. The third-order valence-corrected chi connectivity index (χ3v) is 8.85. The molecule has 0 bridgehead atoms. The van der Waals surface area contributed by atoms with Gasteiger partial charge < -0.3 is 9.84 Å². The molecule has 4 unspecified atom stereocenters. The van der Waals surface area contributed by atoms with Crippen LogP contribution in [0, 0.1) is 40.4 Å². The van der Waals surface area contributed by atoms with Crippen LogP contribution >= 0.6 is 0 Å². The van der Waals surface area contributed by atoms with E-state index in [1.807, 2.05) is 0 Å². The van der Waals surface area contributed by atoms with E-state index in [4.69, 9.17) is 9.84 Å². The summed E-state index contributed by atoms with van der Waals surface area (Å²) in [4.78, 5) is 22.7. The Labute approximate surface area is 170 Å². The average Bonchev–Trinajstić information content (AvgIpc) is 2.64. The van der Waals surface area contributed by atoms with Crippen molar-refractivity contribution in [2.24, 2.45) is 40.4 Å². The van der Waals surface area contributed by atoms with Crippen molar-refractivity contribution in [2.45, 2.75) is 91.9 Å². The van der Waals surface area contributed by atoms with Crippen LogP contribution < -0.4 is 0 Å². The van der Waals surface area contributed by atoms with Gasteiger partial charge in [0.05, 0.1) is 19.4 Å². The standard InChI is InChI=1S/C24H40O4/c1-16(2)17-6-8-19-18(14-17)7-9-20-23(3,12-5-13-24(19,20)4)15-28-22(27)11-10-21(25)26/h16-20H,5-15H2,1-4H3,(H,25,26)/t17?,18?,19?,20?,23-,24+/m1/s1. The van der Waals surface area contributed by atoms with Crippen LogP contribution in [0.25, 0.3) is 0 Å². The molecule has 0 aromatic rings. The smallest absolute Gasteiger partial charge is 0.306 e. The molecule has 0 aromatic heterocycles. The number of rotatable bonds is 6. The molecule has 0 aromatic carbocycles. The van der Waals surface area contributed by atoms with E-state index in [1.54, 1.807) is 0 Å². The van der Waals surface area contributed by atoms with Gasteiger partial charge in [0.1, 0.15) is 0 Å². The molecule has 0 aliphatic heterocycles. The molecule has 6 atom stereocenters. The predicted octanol–water partition coefficient (Wildman–Crippen LogP) is 5.69. The summed E-state index contributed by atoms with van der Waals surface area (Å²) in [5, 5.41) is 8.77. The third-order valence-electron chi connectivity index (χ3n) is 8.85. The second kappa shape index (κ2) is 8.36. The lowest BCUT2D eigenvalue weighted by Gasteiger charge is -2.61. The fourth-order valence-corrected chi connectivity index (χ4v) is 7.31. The van der Waals surface area contributed by atoms with E-state index in [-0.39, 0.29) is 24.2 Å². The van der Waals surface area contributed by atoms with Crippen LogP contribution in [-0.4, -0.2) is 23.7 Å². The summed E-state index contributed by atoms with van der Waals surface area (Å²) >= 11 is 0. The first-order chi connectivity index (χ1) is 13.2. The lowest BCUT2D eigenvalue weighted by atomic mass is 9.44. The van der Waals surface area contributed by atoms with Gasteiger partial charge in [-0.2, -0.15) is 0 Å². The Hall–Kier alpha value is -1.06.